The minimum Gasteiger partial charge on any atom is -0.393 e. The maximum Gasteiger partial charge on any atom is 0.0659 e. The molecule has 5 aliphatic carbocycles. The van der Waals surface area contributed by atoms with Crippen LogP contribution in [0.2, 0.25) is 0 Å². The number of hydrogen-bond acceptors (Lipinski definition) is 3. The van der Waals surface area contributed by atoms with Crippen LogP contribution < -0.4 is 0 Å². The minimum absolute atomic E-state index is 0.131. The van der Waals surface area contributed by atoms with Crippen LogP contribution in [0.15, 0.2) is 11.6 Å². The van der Waals surface area contributed by atoms with E-state index in [1.54, 1.807) is 0 Å². The molecule has 5 rings (SSSR count). The second kappa shape index (κ2) is 7.82. The largest absolute Gasteiger partial charge is 0.393 e. The first-order valence-corrected chi connectivity index (χ1v) is 13.7. The number of allylic oxidation sites excluding steroid dienone is 1. The molecule has 4 fully saturated rings. The van der Waals surface area contributed by atoms with E-state index < -0.39 is 12.2 Å². The van der Waals surface area contributed by atoms with Crippen molar-refractivity contribution in [2.45, 2.75) is 105 Å². The molecule has 0 bridgehead atoms. The summed E-state index contributed by atoms with van der Waals surface area (Å²) in [6, 6.07) is 0. The van der Waals surface area contributed by atoms with Crippen LogP contribution in [-0.4, -0.2) is 33.6 Å². The van der Waals surface area contributed by atoms with Crippen molar-refractivity contribution in [1.82, 2.24) is 0 Å². The molecule has 0 aromatic heterocycles. The van der Waals surface area contributed by atoms with E-state index >= 15 is 0 Å². The lowest BCUT2D eigenvalue weighted by molar-refractivity contribution is -0.159. The molecule has 13 atom stereocenters. The predicted molar refractivity (Wildman–Crippen MR) is 129 cm³/mol. The Morgan fingerprint density at radius 3 is 2.38 bits per heavy atom. The van der Waals surface area contributed by atoms with Crippen molar-refractivity contribution in [3.63, 3.8) is 0 Å². The predicted octanol–water partition coefficient (Wildman–Crippen LogP) is 5.43. The molecule has 0 heterocycles. The third-order valence-electron chi connectivity index (χ3n) is 12.1. The summed E-state index contributed by atoms with van der Waals surface area (Å²) in [5, 5.41) is 33.1. The third kappa shape index (κ3) is 3.23. The lowest BCUT2D eigenvalue weighted by Gasteiger charge is -2.61. The topological polar surface area (TPSA) is 60.7 Å². The Hall–Kier alpha value is -0.380. The Morgan fingerprint density at radius 1 is 0.969 bits per heavy atom. The van der Waals surface area contributed by atoms with E-state index in [2.05, 4.69) is 47.6 Å². The molecule has 0 aliphatic heterocycles. The Kier molecular flexibility index (Phi) is 5.71. The SMILES string of the molecule is CC(C)C(C)C1CC1C(C)C1CCC2C3CC=C4CC(O)CC(O)C4(C)C3C(O)CC12C. The minimum atomic E-state index is -0.551. The summed E-state index contributed by atoms with van der Waals surface area (Å²) in [6.07, 6.45) is 8.04. The summed E-state index contributed by atoms with van der Waals surface area (Å²) in [7, 11) is 0. The fourth-order valence-electron chi connectivity index (χ4n) is 9.96. The van der Waals surface area contributed by atoms with Gasteiger partial charge in [0.2, 0.25) is 0 Å². The van der Waals surface area contributed by atoms with Gasteiger partial charge in [-0.25, -0.2) is 0 Å². The van der Waals surface area contributed by atoms with Crippen LogP contribution in [0.25, 0.3) is 0 Å². The molecule has 0 spiro atoms. The Labute approximate surface area is 196 Å². The summed E-state index contributed by atoms with van der Waals surface area (Å²) < 4.78 is 0. The van der Waals surface area contributed by atoms with E-state index in [1.165, 1.54) is 24.8 Å². The van der Waals surface area contributed by atoms with Gasteiger partial charge in [-0.05, 0) is 97.2 Å². The molecule has 13 unspecified atom stereocenters. The molecule has 0 aromatic carbocycles. The summed E-state index contributed by atoms with van der Waals surface area (Å²) in [4.78, 5) is 0. The van der Waals surface area contributed by atoms with Crippen molar-refractivity contribution >= 4 is 0 Å². The maximum absolute atomic E-state index is 11.7. The second-order valence-electron chi connectivity index (χ2n) is 13.6. The van der Waals surface area contributed by atoms with Gasteiger partial charge in [-0.3, -0.25) is 0 Å². The van der Waals surface area contributed by atoms with Gasteiger partial charge in [0.05, 0.1) is 18.3 Å². The zero-order chi connectivity index (χ0) is 23.2. The molecule has 0 aromatic rings. The zero-order valence-corrected chi connectivity index (χ0v) is 21.3. The standard InChI is InChI=1S/C29H48O3/c1-15(2)16(3)21-13-22(21)17(4)23-9-10-24-20-8-7-18-11-19(30)12-26(32)29(18,6)27(20)25(31)14-28(23,24)5/h7,15-17,19-27,30-32H,8-14H2,1-6H3. The van der Waals surface area contributed by atoms with Gasteiger partial charge in [0.25, 0.3) is 0 Å². The molecule has 5 aliphatic rings. The van der Waals surface area contributed by atoms with Gasteiger partial charge < -0.3 is 15.3 Å². The Balaban J connectivity index is 1.39. The van der Waals surface area contributed by atoms with Gasteiger partial charge >= 0.3 is 0 Å². The first-order chi connectivity index (χ1) is 15.0. The van der Waals surface area contributed by atoms with E-state index in [-0.39, 0.29) is 22.9 Å². The van der Waals surface area contributed by atoms with Crippen molar-refractivity contribution in [3.8, 4) is 0 Å². The fourth-order valence-corrected chi connectivity index (χ4v) is 9.96. The smallest absolute Gasteiger partial charge is 0.0659 e. The highest BCUT2D eigenvalue weighted by Crippen LogP contribution is 2.69. The molecule has 0 radical (unpaired) electrons. The molecule has 0 saturated heterocycles. The van der Waals surface area contributed by atoms with Crippen molar-refractivity contribution in [2.75, 3.05) is 0 Å². The summed E-state index contributed by atoms with van der Waals surface area (Å²) in [5.74, 6) is 6.07. The van der Waals surface area contributed by atoms with Gasteiger partial charge in [0, 0.05) is 11.8 Å². The Morgan fingerprint density at radius 2 is 1.69 bits per heavy atom. The summed E-state index contributed by atoms with van der Waals surface area (Å²) in [6.45, 7) is 14.4. The molecule has 3 nitrogen and oxygen atoms in total. The average Bonchev–Trinajstić information content (AvgIpc) is 3.43. The number of hydrogen-bond donors (Lipinski definition) is 3. The van der Waals surface area contributed by atoms with E-state index in [0.29, 0.717) is 30.6 Å². The summed E-state index contributed by atoms with van der Waals surface area (Å²) >= 11 is 0. The molecule has 4 saturated carbocycles. The second-order valence-corrected chi connectivity index (χ2v) is 13.6. The molecular formula is C29H48O3. The number of aliphatic hydroxyl groups excluding tert-OH is 3. The Bertz CT molecular complexity index is 760. The van der Waals surface area contributed by atoms with Crippen LogP contribution >= 0.6 is 0 Å². The molecular weight excluding hydrogens is 396 g/mol. The van der Waals surface area contributed by atoms with E-state index in [4.69, 9.17) is 0 Å². The first kappa shape index (κ1) is 23.4. The third-order valence-corrected chi connectivity index (χ3v) is 12.1. The maximum atomic E-state index is 11.7. The van der Waals surface area contributed by atoms with Gasteiger partial charge in [-0.2, -0.15) is 0 Å². The van der Waals surface area contributed by atoms with Crippen LogP contribution in [0.5, 0.6) is 0 Å². The van der Waals surface area contributed by atoms with Gasteiger partial charge in [0.1, 0.15) is 0 Å². The number of aliphatic hydroxyl groups is 3. The molecule has 32 heavy (non-hydrogen) atoms. The average molecular weight is 445 g/mol. The van der Waals surface area contributed by atoms with Gasteiger partial charge in [0.15, 0.2) is 0 Å². The van der Waals surface area contributed by atoms with Crippen LogP contribution in [0.3, 0.4) is 0 Å². The van der Waals surface area contributed by atoms with Gasteiger partial charge in [-0.15, -0.1) is 0 Å². The molecule has 3 N–H and O–H groups in total. The number of fused-ring (bicyclic) bond motifs is 5. The highest BCUT2D eigenvalue weighted by molar-refractivity contribution is 5.29. The van der Waals surface area contributed by atoms with Crippen molar-refractivity contribution in [2.24, 2.45) is 64.1 Å². The summed E-state index contributed by atoms with van der Waals surface area (Å²) in [5.41, 5.74) is 1.05. The monoisotopic (exact) mass is 444 g/mol. The normalized spacial score (nSPS) is 54.3. The fraction of sp³-hybridized carbons (Fsp3) is 0.931. The van der Waals surface area contributed by atoms with E-state index in [9.17, 15) is 15.3 Å². The van der Waals surface area contributed by atoms with Gasteiger partial charge in [-0.1, -0.05) is 53.2 Å². The van der Waals surface area contributed by atoms with E-state index in [1.807, 2.05) is 0 Å². The molecule has 3 heteroatoms. The highest BCUT2D eigenvalue weighted by Gasteiger charge is 2.64. The van der Waals surface area contributed by atoms with Crippen LogP contribution in [0, 0.1) is 64.1 Å². The van der Waals surface area contributed by atoms with Crippen LogP contribution in [0.1, 0.15) is 86.5 Å². The lowest BCUT2D eigenvalue weighted by atomic mass is 9.45. The van der Waals surface area contributed by atoms with Crippen LogP contribution in [-0.2, 0) is 0 Å². The van der Waals surface area contributed by atoms with Crippen molar-refractivity contribution in [1.29, 1.82) is 0 Å². The van der Waals surface area contributed by atoms with Crippen molar-refractivity contribution < 1.29 is 15.3 Å². The number of rotatable bonds is 4. The lowest BCUT2D eigenvalue weighted by Crippen LogP contribution is -2.60. The van der Waals surface area contributed by atoms with Crippen molar-refractivity contribution in [3.05, 3.63) is 11.6 Å². The first-order valence-electron chi connectivity index (χ1n) is 13.7. The quantitative estimate of drug-likeness (QED) is 0.507. The van der Waals surface area contributed by atoms with E-state index in [0.717, 1.165) is 42.4 Å². The van der Waals surface area contributed by atoms with Crippen LogP contribution in [0.4, 0.5) is 0 Å². The highest BCUT2D eigenvalue weighted by atomic mass is 16.3. The molecule has 182 valence electrons. The molecule has 0 amide bonds. The zero-order valence-electron chi connectivity index (χ0n) is 21.3.